The maximum atomic E-state index is 13.3. The lowest BCUT2D eigenvalue weighted by molar-refractivity contribution is 0.525. The van der Waals surface area contributed by atoms with Crippen LogP contribution in [-0.4, -0.2) is 10.2 Å². The van der Waals surface area contributed by atoms with Crippen molar-refractivity contribution in [1.82, 2.24) is 10.2 Å². The van der Waals surface area contributed by atoms with Gasteiger partial charge in [0.1, 0.15) is 0 Å². The molecule has 3 N–H and O–H groups in total. The maximum Gasteiger partial charge on any atom is 0.188 e. The van der Waals surface area contributed by atoms with Crippen LogP contribution in [-0.2, 0) is 0 Å². The first kappa shape index (κ1) is 9.49. The first-order valence-corrected chi connectivity index (χ1v) is 5.08. The average Bonchev–Trinajstić information content (AvgIpc) is 2.75. The second-order valence-electron chi connectivity index (χ2n) is 4.57. The Balaban J connectivity index is 2.02. The first-order chi connectivity index (χ1) is 6.59. The lowest BCUT2D eigenvalue weighted by atomic mass is 10.1. The van der Waals surface area contributed by atoms with Crippen LogP contribution in [0.4, 0.5) is 10.2 Å². The Kier molecular flexibility index (Phi) is 2.21. The molecular formula is C10H16FN3. The zero-order chi connectivity index (χ0) is 10.3. The van der Waals surface area contributed by atoms with E-state index in [0.29, 0.717) is 23.4 Å². The Morgan fingerprint density at radius 1 is 1.64 bits per heavy atom. The highest BCUT2D eigenvalue weighted by Crippen LogP contribution is 2.51. The first-order valence-electron chi connectivity index (χ1n) is 5.08. The summed E-state index contributed by atoms with van der Waals surface area (Å²) in [6, 6.07) is 0. The van der Waals surface area contributed by atoms with E-state index in [1.165, 1.54) is 0 Å². The zero-order valence-electron chi connectivity index (χ0n) is 8.55. The summed E-state index contributed by atoms with van der Waals surface area (Å²) < 4.78 is 13.3. The number of nitrogens with zero attached hydrogens (tertiary/aromatic N) is 1. The highest BCUT2D eigenvalue weighted by Gasteiger charge is 2.41. The van der Waals surface area contributed by atoms with Gasteiger partial charge in [0.15, 0.2) is 11.6 Å². The van der Waals surface area contributed by atoms with E-state index in [2.05, 4.69) is 24.0 Å². The maximum absolute atomic E-state index is 13.3. The molecule has 0 spiro atoms. The second-order valence-corrected chi connectivity index (χ2v) is 4.57. The zero-order valence-corrected chi connectivity index (χ0v) is 8.55. The third-order valence-electron chi connectivity index (χ3n) is 2.83. The third kappa shape index (κ3) is 1.61. The summed E-state index contributed by atoms with van der Waals surface area (Å²) in [5, 5.41) is 6.36. The van der Waals surface area contributed by atoms with E-state index in [1.54, 1.807) is 0 Å². The molecule has 78 valence electrons. The standard InChI is InChI=1S/C10H16FN3/c1-5(2)3-6-4-7(6)9-8(11)10(12)14-13-9/h5-7H,3-4H2,1-2H3,(H3,12,13,14). The van der Waals surface area contributed by atoms with Crippen LogP contribution in [0.15, 0.2) is 0 Å². The van der Waals surface area contributed by atoms with E-state index in [-0.39, 0.29) is 11.6 Å². The SMILES string of the molecule is CC(C)CC1CC1c1[nH]nc(N)c1F. The quantitative estimate of drug-likeness (QED) is 0.781. The number of hydrogen-bond acceptors (Lipinski definition) is 2. The fourth-order valence-corrected chi connectivity index (χ4v) is 2.07. The molecule has 2 atom stereocenters. The molecular weight excluding hydrogens is 181 g/mol. The monoisotopic (exact) mass is 197 g/mol. The van der Waals surface area contributed by atoms with Gasteiger partial charge in [-0.05, 0) is 24.7 Å². The molecule has 0 aromatic carbocycles. The van der Waals surface area contributed by atoms with Crippen molar-refractivity contribution in [3.05, 3.63) is 11.5 Å². The molecule has 1 aliphatic carbocycles. The predicted octanol–water partition coefficient (Wildman–Crippen LogP) is 2.28. The molecule has 1 fully saturated rings. The van der Waals surface area contributed by atoms with Crippen molar-refractivity contribution in [2.45, 2.75) is 32.6 Å². The summed E-state index contributed by atoms with van der Waals surface area (Å²) in [5.74, 6) is 1.26. The number of halogens is 1. The van der Waals surface area contributed by atoms with Crippen molar-refractivity contribution in [3.8, 4) is 0 Å². The summed E-state index contributed by atoms with van der Waals surface area (Å²) in [5.41, 5.74) is 5.94. The normalized spacial score (nSPS) is 25.7. The topological polar surface area (TPSA) is 54.7 Å². The van der Waals surface area contributed by atoms with Crippen molar-refractivity contribution in [3.63, 3.8) is 0 Å². The highest BCUT2D eigenvalue weighted by molar-refractivity contribution is 5.35. The minimum Gasteiger partial charge on any atom is -0.380 e. The number of anilines is 1. The van der Waals surface area contributed by atoms with E-state index in [1.807, 2.05) is 0 Å². The van der Waals surface area contributed by atoms with Gasteiger partial charge in [0.25, 0.3) is 0 Å². The second kappa shape index (κ2) is 3.26. The van der Waals surface area contributed by atoms with Crippen molar-refractivity contribution in [1.29, 1.82) is 0 Å². The van der Waals surface area contributed by atoms with Gasteiger partial charge in [-0.2, -0.15) is 5.10 Å². The average molecular weight is 197 g/mol. The van der Waals surface area contributed by atoms with Crippen LogP contribution in [0, 0.1) is 17.7 Å². The fourth-order valence-electron chi connectivity index (χ4n) is 2.07. The fraction of sp³-hybridized carbons (Fsp3) is 0.700. The Hall–Kier alpha value is -1.06. The van der Waals surface area contributed by atoms with Crippen LogP contribution in [0.25, 0.3) is 0 Å². The Labute approximate surface area is 82.9 Å². The van der Waals surface area contributed by atoms with Crippen molar-refractivity contribution < 1.29 is 4.39 Å². The van der Waals surface area contributed by atoms with Crippen LogP contribution < -0.4 is 5.73 Å². The smallest absolute Gasteiger partial charge is 0.188 e. The number of nitrogen functional groups attached to an aromatic ring is 1. The van der Waals surface area contributed by atoms with Crippen LogP contribution in [0.1, 0.15) is 38.3 Å². The number of aromatic nitrogens is 2. The molecule has 2 unspecified atom stereocenters. The predicted molar refractivity (Wildman–Crippen MR) is 53.3 cm³/mol. The molecule has 14 heavy (non-hydrogen) atoms. The number of aromatic amines is 1. The molecule has 1 aromatic rings. The summed E-state index contributed by atoms with van der Waals surface area (Å²) in [7, 11) is 0. The van der Waals surface area contributed by atoms with Crippen molar-refractivity contribution in [2.24, 2.45) is 11.8 Å². The summed E-state index contributed by atoms with van der Waals surface area (Å²) in [6.07, 6.45) is 2.22. The Morgan fingerprint density at radius 2 is 2.36 bits per heavy atom. The van der Waals surface area contributed by atoms with Gasteiger partial charge in [0.05, 0.1) is 5.69 Å². The third-order valence-corrected chi connectivity index (χ3v) is 2.83. The lowest BCUT2D eigenvalue weighted by Gasteiger charge is -2.01. The van der Waals surface area contributed by atoms with E-state index in [4.69, 9.17) is 5.73 Å². The van der Waals surface area contributed by atoms with Gasteiger partial charge < -0.3 is 5.73 Å². The minimum atomic E-state index is -0.346. The molecule has 2 rings (SSSR count). The number of hydrogen-bond donors (Lipinski definition) is 2. The number of H-pyrrole nitrogens is 1. The van der Waals surface area contributed by atoms with Crippen LogP contribution in [0.5, 0.6) is 0 Å². The van der Waals surface area contributed by atoms with E-state index in [0.717, 1.165) is 12.8 Å². The van der Waals surface area contributed by atoms with E-state index in [9.17, 15) is 4.39 Å². The molecule has 1 aliphatic rings. The molecule has 3 nitrogen and oxygen atoms in total. The molecule has 0 aliphatic heterocycles. The summed E-state index contributed by atoms with van der Waals surface area (Å²) in [4.78, 5) is 0. The summed E-state index contributed by atoms with van der Waals surface area (Å²) >= 11 is 0. The largest absolute Gasteiger partial charge is 0.380 e. The number of nitrogens with one attached hydrogen (secondary N) is 1. The minimum absolute atomic E-state index is 0.00445. The Morgan fingerprint density at radius 3 is 2.86 bits per heavy atom. The van der Waals surface area contributed by atoms with Crippen LogP contribution in [0.3, 0.4) is 0 Å². The molecule has 1 saturated carbocycles. The van der Waals surface area contributed by atoms with Crippen molar-refractivity contribution >= 4 is 5.82 Å². The number of nitrogens with two attached hydrogens (primary N) is 1. The van der Waals surface area contributed by atoms with Gasteiger partial charge in [0, 0.05) is 5.92 Å². The van der Waals surface area contributed by atoms with Gasteiger partial charge in [-0.15, -0.1) is 0 Å². The van der Waals surface area contributed by atoms with Gasteiger partial charge in [0.2, 0.25) is 0 Å². The molecule has 0 bridgehead atoms. The van der Waals surface area contributed by atoms with Crippen LogP contribution in [0.2, 0.25) is 0 Å². The molecule has 0 radical (unpaired) electrons. The number of rotatable bonds is 3. The van der Waals surface area contributed by atoms with E-state index >= 15 is 0 Å². The lowest BCUT2D eigenvalue weighted by Crippen LogP contribution is -1.93. The molecule has 0 amide bonds. The van der Waals surface area contributed by atoms with Gasteiger partial charge in [-0.3, -0.25) is 5.10 Å². The van der Waals surface area contributed by atoms with Gasteiger partial charge in [-0.25, -0.2) is 4.39 Å². The van der Waals surface area contributed by atoms with Gasteiger partial charge in [-0.1, -0.05) is 13.8 Å². The van der Waals surface area contributed by atoms with Crippen LogP contribution >= 0.6 is 0 Å². The summed E-state index contributed by atoms with van der Waals surface area (Å²) in [6.45, 7) is 4.38. The molecule has 4 heteroatoms. The molecule has 1 heterocycles. The van der Waals surface area contributed by atoms with Crippen molar-refractivity contribution in [2.75, 3.05) is 5.73 Å². The highest BCUT2D eigenvalue weighted by atomic mass is 19.1. The van der Waals surface area contributed by atoms with Gasteiger partial charge >= 0.3 is 0 Å². The van der Waals surface area contributed by atoms with E-state index < -0.39 is 0 Å². The molecule has 0 saturated heterocycles. The Bertz CT molecular complexity index is 332. The molecule has 1 aromatic heterocycles.